The minimum absolute atomic E-state index is 0.0695. The van der Waals surface area contributed by atoms with Gasteiger partial charge in [-0.25, -0.2) is 0 Å². The first-order valence-corrected chi connectivity index (χ1v) is 5.70. The smallest absolute Gasteiger partial charge is 0.325 e. The van der Waals surface area contributed by atoms with Crippen LogP contribution in [0.3, 0.4) is 0 Å². The molecule has 0 bridgehead atoms. The van der Waals surface area contributed by atoms with Crippen molar-refractivity contribution < 1.29 is 18.0 Å². The molecule has 0 spiro atoms. The fourth-order valence-corrected chi connectivity index (χ4v) is 2.75. The molecule has 0 aliphatic carbocycles. The fraction of sp³-hybridized carbons (Fsp3) is 0.417. The number of amides is 1. The van der Waals surface area contributed by atoms with Crippen LogP contribution in [0.5, 0.6) is 0 Å². The quantitative estimate of drug-likeness (QED) is 0.745. The number of hydrogen-bond donors (Lipinski definition) is 2. The second kappa shape index (κ2) is 3.71. The predicted octanol–water partition coefficient (Wildman–Crippen LogP) is 1.96. The summed E-state index contributed by atoms with van der Waals surface area (Å²) in [5.74, 6) is -0.744. The summed E-state index contributed by atoms with van der Waals surface area (Å²) in [6, 6.07) is 4.06. The Hall–Kier alpha value is -1.56. The Kier molecular flexibility index (Phi) is 2.38. The van der Waals surface area contributed by atoms with E-state index in [2.05, 4.69) is 10.6 Å². The van der Waals surface area contributed by atoms with E-state index in [-0.39, 0.29) is 23.4 Å². The van der Waals surface area contributed by atoms with Crippen molar-refractivity contribution in [1.29, 1.82) is 0 Å². The third-order valence-electron chi connectivity index (χ3n) is 3.60. The van der Waals surface area contributed by atoms with E-state index < -0.39 is 11.7 Å². The molecule has 0 saturated carbocycles. The number of hydrogen-bond acceptors (Lipinski definition) is 2. The van der Waals surface area contributed by atoms with Gasteiger partial charge in [0.1, 0.15) is 0 Å². The molecule has 2 aliphatic rings. The van der Waals surface area contributed by atoms with Crippen molar-refractivity contribution in [3.05, 3.63) is 29.3 Å². The van der Waals surface area contributed by atoms with Crippen LogP contribution in [0, 0.1) is 5.92 Å². The van der Waals surface area contributed by atoms with Crippen molar-refractivity contribution in [3.8, 4) is 0 Å². The van der Waals surface area contributed by atoms with E-state index in [0.29, 0.717) is 18.7 Å². The Morgan fingerprint density at radius 1 is 1.17 bits per heavy atom. The number of benzene rings is 1. The largest absolute Gasteiger partial charge is 0.418 e. The van der Waals surface area contributed by atoms with Gasteiger partial charge in [0.25, 0.3) is 0 Å². The summed E-state index contributed by atoms with van der Waals surface area (Å²) in [5, 5.41) is 5.46. The lowest BCUT2D eigenvalue weighted by Crippen LogP contribution is -2.34. The number of alkyl halides is 3. The third kappa shape index (κ3) is 1.59. The van der Waals surface area contributed by atoms with E-state index in [0.717, 1.165) is 6.07 Å². The summed E-state index contributed by atoms with van der Waals surface area (Å²) in [5.41, 5.74) is -0.252. The van der Waals surface area contributed by atoms with Crippen molar-refractivity contribution >= 4 is 11.6 Å². The maximum absolute atomic E-state index is 12.9. The van der Waals surface area contributed by atoms with Crippen LogP contribution in [-0.4, -0.2) is 19.0 Å². The fourth-order valence-electron chi connectivity index (χ4n) is 2.75. The molecule has 1 amide bonds. The Balaban J connectivity index is 2.15. The molecule has 1 aromatic rings. The van der Waals surface area contributed by atoms with Crippen molar-refractivity contribution in [2.75, 3.05) is 18.4 Å². The topological polar surface area (TPSA) is 41.1 Å². The van der Waals surface area contributed by atoms with E-state index in [4.69, 9.17) is 0 Å². The highest BCUT2D eigenvalue weighted by atomic mass is 19.4. The number of anilines is 1. The zero-order valence-corrected chi connectivity index (χ0v) is 9.34. The van der Waals surface area contributed by atoms with E-state index >= 15 is 0 Å². The maximum Gasteiger partial charge on any atom is 0.418 e. The number of nitrogens with one attached hydrogen (secondary N) is 2. The van der Waals surface area contributed by atoms with Gasteiger partial charge in [-0.1, -0.05) is 12.1 Å². The van der Waals surface area contributed by atoms with Crippen LogP contribution in [0.4, 0.5) is 18.9 Å². The summed E-state index contributed by atoms with van der Waals surface area (Å²) in [6.07, 6.45) is -4.45. The number of fused-ring (bicyclic) bond motifs is 3. The summed E-state index contributed by atoms with van der Waals surface area (Å²) in [6.45, 7) is 1.07. The summed E-state index contributed by atoms with van der Waals surface area (Å²) < 4.78 is 38.6. The van der Waals surface area contributed by atoms with Gasteiger partial charge in [-0.3, -0.25) is 4.79 Å². The summed E-state index contributed by atoms with van der Waals surface area (Å²) in [4.78, 5) is 11.8. The molecule has 18 heavy (non-hydrogen) atoms. The zero-order valence-electron chi connectivity index (χ0n) is 9.34. The molecule has 2 aliphatic heterocycles. The molecule has 3 rings (SSSR count). The number of rotatable bonds is 0. The van der Waals surface area contributed by atoms with Gasteiger partial charge in [0, 0.05) is 19.0 Å². The Labute approximate surface area is 101 Å². The first-order chi connectivity index (χ1) is 8.48. The van der Waals surface area contributed by atoms with Crippen molar-refractivity contribution in [1.82, 2.24) is 5.32 Å². The number of carbonyl (C=O) groups is 1. The van der Waals surface area contributed by atoms with Gasteiger partial charge < -0.3 is 10.6 Å². The molecule has 6 heteroatoms. The molecule has 0 unspecified atom stereocenters. The summed E-state index contributed by atoms with van der Waals surface area (Å²) in [7, 11) is 0. The zero-order chi connectivity index (χ0) is 12.9. The Morgan fingerprint density at radius 3 is 2.61 bits per heavy atom. The second-order valence-corrected chi connectivity index (χ2v) is 4.63. The second-order valence-electron chi connectivity index (χ2n) is 4.63. The minimum atomic E-state index is -4.45. The molecule has 0 radical (unpaired) electrons. The van der Waals surface area contributed by atoms with Crippen molar-refractivity contribution in [3.63, 3.8) is 0 Å². The first-order valence-electron chi connectivity index (χ1n) is 5.70. The molecular formula is C12H11F3N2O. The van der Waals surface area contributed by atoms with Gasteiger partial charge in [0.05, 0.1) is 17.2 Å². The average Bonchev–Trinajstić information content (AvgIpc) is 2.77. The van der Waals surface area contributed by atoms with Crippen LogP contribution in [-0.2, 0) is 11.0 Å². The van der Waals surface area contributed by atoms with Crippen molar-refractivity contribution in [2.45, 2.75) is 12.1 Å². The molecule has 3 nitrogen and oxygen atoms in total. The third-order valence-corrected chi connectivity index (χ3v) is 3.60. The highest BCUT2D eigenvalue weighted by Gasteiger charge is 2.43. The lowest BCUT2D eigenvalue weighted by atomic mass is 9.83. The minimum Gasteiger partial charge on any atom is -0.325 e. The molecule has 2 N–H and O–H groups in total. The SMILES string of the molecule is O=C1Nc2c(cccc2C(F)(F)F)[C@H]2CNC[C@@H]12. The van der Waals surface area contributed by atoms with E-state index in [1.54, 1.807) is 6.07 Å². The van der Waals surface area contributed by atoms with Crippen LogP contribution in [0.15, 0.2) is 18.2 Å². The number of halogens is 3. The monoisotopic (exact) mass is 256 g/mol. The lowest BCUT2D eigenvalue weighted by molar-refractivity contribution is -0.137. The molecule has 1 fully saturated rings. The van der Waals surface area contributed by atoms with Crippen LogP contribution >= 0.6 is 0 Å². The van der Waals surface area contributed by atoms with Crippen LogP contribution in [0.1, 0.15) is 17.0 Å². The highest BCUT2D eigenvalue weighted by molar-refractivity contribution is 5.98. The maximum atomic E-state index is 12.9. The molecule has 0 aromatic heterocycles. The van der Waals surface area contributed by atoms with Gasteiger partial charge >= 0.3 is 6.18 Å². The molecule has 2 atom stereocenters. The Bertz CT molecular complexity index is 513. The number of carbonyl (C=O) groups excluding carboxylic acids is 1. The standard InChI is InChI=1S/C12H11F3N2O/c13-12(14,15)9-3-1-2-6-7-4-16-5-8(7)11(18)17-10(6)9/h1-3,7-8,16H,4-5H2,(H,17,18)/t7-,8-/m1/s1. The molecule has 96 valence electrons. The van der Waals surface area contributed by atoms with Crippen molar-refractivity contribution in [2.24, 2.45) is 5.92 Å². The first kappa shape index (κ1) is 11.5. The van der Waals surface area contributed by atoms with Gasteiger partial charge in [0.2, 0.25) is 5.91 Å². The highest BCUT2D eigenvalue weighted by Crippen LogP contribution is 2.44. The molecular weight excluding hydrogens is 245 g/mol. The van der Waals surface area contributed by atoms with E-state index in [1.165, 1.54) is 6.07 Å². The van der Waals surface area contributed by atoms with Crippen LogP contribution in [0.25, 0.3) is 0 Å². The molecule has 2 heterocycles. The van der Waals surface area contributed by atoms with Gasteiger partial charge in [0.15, 0.2) is 0 Å². The molecule has 1 aromatic carbocycles. The lowest BCUT2D eigenvalue weighted by Gasteiger charge is -2.29. The van der Waals surface area contributed by atoms with E-state index in [9.17, 15) is 18.0 Å². The van der Waals surface area contributed by atoms with Gasteiger partial charge in [-0.05, 0) is 11.6 Å². The number of para-hydroxylation sites is 1. The van der Waals surface area contributed by atoms with Gasteiger partial charge in [-0.2, -0.15) is 13.2 Å². The van der Waals surface area contributed by atoms with Gasteiger partial charge in [-0.15, -0.1) is 0 Å². The normalized spacial score (nSPS) is 26.5. The van der Waals surface area contributed by atoms with Crippen LogP contribution in [0.2, 0.25) is 0 Å². The van der Waals surface area contributed by atoms with E-state index in [1.807, 2.05) is 0 Å². The predicted molar refractivity (Wildman–Crippen MR) is 59.2 cm³/mol. The average molecular weight is 256 g/mol. The summed E-state index contributed by atoms with van der Waals surface area (Å²) >= 11 is 0. The molecule has 1 saturated heterocycles. The van der Waals surface area contributed by atoms with Crippen LogP contribution < -0.4 is 10.6 Å². The Morgan fingerprint density at radius 2 is 1.89 bits per heavy atom.